The Morgan fingerprint density at radius 3 is 2.84 bits per heavy atom. The van der Waals surface area contributed by atoms with Crippen LogP contribution in [-0.2, 0) is 4.79 Å². The van der Waals surface area contributed by atoms with Gasteiger partial charge in [-0.05, 0) is 25.1 Å². The molecule has 25 heavy (non-hydrogen) atoms. The minimum absolute atomic E-state index is 0.0419. The lowest BCUT2D eigenvalue weighted by Gasteiger charge is -2.28. The molecule has 3 rings (SSSR count). The summed E-state index contributed by atoms with van der Waals surface area (Å²) in [5.74, 6) is 0.0133. The highest BCUT2D eigenvalue weighted by Crippen LogP contribution is 2.39. The molecule has 1 aromatic heterocycles. The van der Waals surface area contributed by atoms with E-state index in [9.17, 15) is 14.0 Å². The maximum absolute atomic E-state index is 14.1. The number of likely N-dealkylation sites (N-methyl/N-ethyl adjacent to an activating group) is 1. The minimum atomic E-state index is -0.355. The summed E-state index contributed by atoms with van der Waals surface area (Å²) < 4.78 is 19.2. The number of carbonyl (C=O) groups is 2. The average molecular weight is 362 g/mol. The second-order valence-electron chi connectivity index (χ2n) is 5.63. The van der Waals surface area contributed by atoms with Crippen molar-refractivity contribution in [2.24, 2.45) is 0 Å². The number of carbonyl (C=O) groups excluding carboxylic acids is 2. The van der Waals surface area contributed by atoms with Crippen LogP contribution in [0.4, 0.5) is 4.39 Å². The normalized spacial score (nSPS) is 17.1. The summed E-state index contributed by atoms with van der Waals surface area (Å²) in [7, 11) is 0. The molecule has 1 unspecified atom stereocenters. The topological polar surface area (TPSA) is 53.8 Å². The summed E-state index contributed by atoms with van der Waals surface area (Å²) in [5, 5.41) is -0.355. The highest BCUT2D eigenvalue weighted by molar-refractivity contribution is 8.00. The lowest BCUT2D eigenvalue weighted by atomic mass is 10.2. The SMILES string of the molecule is CCN(CCN1C(=O)CSC1c1ccccc1F)C(=O)c1ccco1. The van der Waals surface area contributed by atoms with Gasteiger partial charge in [-0.1, -0.05) is 18.2 Å². The molecule has 5 nitrogen and oxygen atoms in total. The van der Waals surface area contributed by atoms with Crippen LogP contribution < -0.4 is 0 Å². The van der Waals surface area contributed by atoms with Crippen LogP contribution in [0.25, 0.3) is 0 Å². The van der Waals surface area contributed by atoms with E-state index in [0.717, 1.165) is 0 Å². The molecule has 1 aliphatic heterocycles. The first-order valence-corrected chi connectivity index (χ1v) is 9.15. The molecule has 1 aromatic carbocycles. The molecule has 0 aliphatic carbocycles. The monoisotopic (exact) mass is 362 g/mol. The van der Waals surface area contributed by atoms with Crippen molar-refractivity contribution in [3.05, 3.63) is 59.8 Å². The van der Waals surface area contributed by atoms with Crippen LogP contribution in [0.1, 0.15) is 28.4 Å². The van der Waals surface area contributed by atoms with Crippen LogP contribution in [0, 0.1) is 5.82 Å². The number of hydrogen-bond acceptors (Lipinski definition) is 4. The first kappa shape index (κ1) is 17.5. The predicted molar refractivity (Wildman–Crippen MR) is 93.6 cm³/mol. The molecule has 1 fully saturated rings. The van der Waals surface area contributed by atoms with Gasteiger partial charge >= 0.3 is 0 Å². The molecule has 7 heteroatoms. The van der Waals surface area contributed by atoms with Crippen molar-refractivity contribution < 1.29 is 18.4 Å². The average Bonchev–Trinajstić information content (AvgIpc) is 3.26. The summed E-state index contributed by atoms with van der Waals surface area (Å²) in [4.78, 5) is 27.9. The van der Waals surface area contributed by atoms with Gasteiger partial charge in [-0.25, -0.2) is 4.39 Å². The van der Waals surface area contributed by atoms with E-state index in [1.807, 2.05) is 6.92 Å². The van der Waals surface area contributed by atoms with E-state index in [1.54, 1.807) is 40.1 Å². The van der Waals surface area contributed by atoms with Crippen molar-refractivity contribution in [1.82, 2.24) is 9.80 Å². The van der Waals surface area contributed by atoms with Crippen molar-refractivity contribution in [2.45, 2.75) is 12.3 Å². The molecule has 1 atom stereocenters. The Bertz CT molecular complexity index is 751. The molecule has 1 saturated heterocycles. The van der Waals surface area contributed by atoms with Gasteiger partial charge in [0, 0.05) is 25.2 Å². The number of thioether (sulfide) groups is 1. The molecule has 0 spiro atoms. The molecule has 2 amide bonds. The Balaban J connectivity index is 1.70. The van der Waals surface area contributed by atoms with Gasteiger partial charge in [0.25, 0.3) is 5.91 Å². The van der Waals surface area contributed by atoms with E-state index >= 15 is 0 Å². The largest absolute Gasteiger partial charge is 0.459 e. The summed E-state index contributed by atoms with van der Waals surface area (Å²) in [5.41, 5.74) is 0.499. The van der Waals surface area contributed by atoms with Gasteiger partial charge in [0.15, 0.2) is 5.76 Å². The Hall–Kier alpha value is -2.28. The first-order chi connectivity index (χ1) is 12.1. The van der Waals surface area contributed by atoms with E-state index in [-0.39, 0.29) is 28.8 Å². The second kappa shape index (κ2) is 7.74. The van der Waals surface area contributed by atoms with Crippen molar-refractivity contribution in [3.8, 4) is 0 Å². The smallest absolute Gasteiger partial charge is 0.289 e. The molecule has 1 aliphatic rings. The van der Waals surface area contributed by atoms with E-state index in [0.29, 0.717) is 31.0 Å². The zero-order valence-corrected chi connectivity index (χ0v) is 14.7. The highest BCUT2D eigenvalue weighted by Gasteiger charge is 2.34. The third-order valence-corrected chi connectivity index (χ3v) is 5.39. The lowest BCUT2D eigenvalue weighted by Crippen LogP contribution is -2.40. The van der Waals surface area contributed by atoms with E-state index in [2.05, 4.69) is 0 Å². The molecule has 0 N–H and O–H groups in total. The molecule has 0 radical (unpaired) electrons. The van der Waals surface area contributed by atoms with Crippen LogP contribution in [0.15, 0.2) is 47.1 Å². The zero-order valence-electron chi connectivity index (χ0n) is 13.9. The number of rotatable bonds is 6. The van der Waals surface area contributed by atoms with Gasteiger partial charge in [0.05, 0.1) is 12.0 Å². The van der Waals surface area contributed by atoms with Gasteiger partial charge in [0.1, 0.15) is 11.2 Å². The van der Waals surface area contributed by atoms with E-state index < -0.39 is 0 Å². The standard InChI is InChI=1S/C18H19FN2O3S/c1-2-20(17(23)15-8-5-11-24-15)9-10-21-16(22)12-25-18(21)13-6-3-4-7-14(13)19/h3-8,11,18H,2,9-10,12H2,1H3. The molecular weight excluding hydrogens is 343 g/mol. The van der Waals surface area contributed by atoms with Gasteiger partial charge in [-0.2, -0.15) is 0 Å². The van der Waals surface area contributed by atoms with Gasteiger partial charge < -0.3 is 14.2 Å². The van der Waals surface area contributed by atoms with Crippen molar-refractivity contribution in [3.63, 3.8) is 0 Å². The molecular formula is C18H19FN2O3S. The number of hydrogen-bond donors (Lipinski definition) is 0. The van der Waals surface area contributed by atoms with Crippen molar-refractivity contribution >= 4 is 23.6 Å². The fourth-order valence-electron chi connectivity index (χ4n) is 2.82. The van der Waals surface area contributed by atoms with Gasteiger partial charge in [-0.3, -0.25) is 9.59 Å². The third kappa shape index (κ3) is 3.71. The quantitative estimate of drug-likeness (QED) is 0.792. The summed E-state index contributed by atoms with van der Waals surface area (Å²) >= 11 is 1.41. The molecule has 2 heterocycles. The van der Waals surface area contributed by atoms with Crippen molar-refractivity contribution in [1.29, 1.82) is 0 Å². The molecule has 132 valence electrons. The summed E-state index contributed by atoms with van der Waals surface area (Å²) in [6, 6.07) is 9.77. The Labute approximate surface area is 149 Å². The molecule has 0 bridgehead atoms. The second-order valence-corrected chi connectivity index (χ2v) is 6.70. The lowest BCUT2D eigenvalue weighted by molar-refractivity contribution is -0.128. The minimum Gasteiger partial charge on any atom is -0.459 e. The number of furan rings is 1. The summed E-state index contributed by atoms with van der Waals surface area (Å²) in [6.07, 6.45) is 1.45. The summed E-state index contributed by atoms with van der Waals surface area (Å²) in [6.45, 7) is 3.09. The molecule has 0 saturated carbocycles. The van der Waals surface area contributed by atoms with E-state index in [4.69, 9.17) is 4.42 Å². The fourth-order valence-corrected chi connectivity index (χ4v) is 4.06. The number of amides is 2. The highest BCUT2D eigenvalue weighted by atomic mass is 32.2. The zero-order chi connectivity index (χ0) is 17.8. The number of halogens is 1. The van der Waals surface area contributed by atoms with E-state index in [1.165, 1.54) is 24.1 Å². The van der Waals surface area contributed by atoms with Gasteiger partial charge in [0.2, 0.25) is 5.91 Å². The maximum atomic E-state index is 14.1. The number of benzene rings is 1. The van der Waals surface area contributed by atoms with Gasteiger partial charge in [-0.15, -0.1) is 11.8 Å². The Kier molecular flexibility index (Phi) is 5.43. The Morgan fingerprint density at radius 1 is 1.36 bits per heavy atom. The van der Waals surface area contributed by atoms with Crippen LogP contribution in [-0.4, -0.2) is 47.0 Å². The van der Waals surface area contributed by atoms with Crippen molar-refractivity contribution in [2.75, 3.05) is 25.4 Å². The number of nitrogens with zero attached hydrogens (tertiary/aromatic N) is 2. The fraction of sp³-hybridized carbons (Fsp3) is 0.333. The predicted octanol–water partition coefficient (Wildman–Crippen LogP) is 3.16. The Morgan fingerprint density at radius 2 is 2.16 bits per heavy atom. The first-order valence-electron chi connectivity index (χ1n) is 8.10. The van der Waals surface area contributed by atoms with Crippen LogP contribution in [0.3, 0.4) is 0 Å². The maximum Gasteiger partial charge on any atom is 0.289 e. The van der Waals surface area contributed by atoms with Crippen LogP contribution in [0.2, 0.25) is 0 Å². The third-order valence-electron chi connectivity index (χ3n) is 4.15. The molecule has 2 aromatic rings. The van der Waals surface area contributed by atoms with Crippen LogP contribution >= 0.6 is 11.8 Å². The van der Waals surface area contributed by atoms with Crippen LogP contribution in [0.5, 0.6) is 0 Å².